The van der Waals surface area contributed by atoms with E-state index in [0.717, 1.165) is 3.57 Å². The summed E-state index contributed by atoms with van der Waals surface area (Å²) in [5.41, 5.74) is 0.699. The highest BCUT2D eigenvalue weighted by Gasteiger charge is 2.18. The number of carbonyl (C=O) groups is 1. The van der Waals surface area contributed by atoms with Crippen molar-refractivity contribution in [3.05, 3.63) is 60.3 Å². The maximum atomic E-state index is 13.5. The molecule has 20 heavy (non-hydrogen) atoms. The summed E-state index contributed by atoms with van der Waals surface area (Å²) in [5.74, 6) is -0.578. The molecule has 104 valence electrons. The van der Waals surface area contributed by atoms with E-state index < -0.39 is 5.82 Å². The van der Waals surface area contributed by atoms with Crippen LogP contribution < -0.4 is 4.74 Å². The lowest BCUT2D eigenvalue weighted by Gasteiger charge is -2.09. The van der Waals surface area contributed by atoms with Gasteiger partial charge in [-0.3, -0.25) is 4.79 Å². The second-order valence-corrected chi connectivity index (χ2v) is 6.35. The molecule has 0 unspecified atom stereocenters. The molecule has 2 nitrogen and oxygen atoms in total. The molecule has 0 aromatic heterocycles. The lowest BCUT2D eigenvalue weighted by molar-refractivity contribution is 0.103. The number of methoxy groups -OCH3 is 1. The first-order valence-corrected chi connectivity index (χ1v) is 7.71. The zero-order chi connectivity index (χ0) is 14.9. The summed E-state index contributed by atoms with van der Waals surface area (Å²) in [6.45, 7) is 0. The smallest absolute Gasteiger partial charge is 0.196 e. The third-order valence-electron chi connectivity index (χ3n) is 2.67. The molecule has 0 N–H and O–H groups in total. The van der Waals surface area contributed by atoms with Gasteiger partial charge in [0.05, 0.1) is 22.2 Å². The Labute approximate surface area is 142 Å². The van der Waals surface area contributed by atoms with Gasteiger partial charge in [0.15, 0.2) is 5.78 Å². The lowest BCUT2D eigenvalue weighted by Crippen LogP contribution is -2.05. The summed E-state index contributed by atoms with van der Waals surface area (Å²) in [4.78, 5) is 12.5. The number of benzene rings is 2. The molecular formula is C14H8BrClFIO2. The monoisotopic (exact) mass is 468 g/mol. The van der Waals surface area contributed by atoms with E-state index in [9.17, 15) is 9.18 Å². The van der Waals surface area contributed by atoms with Crippen molar-refractivity contribution in [2.24, 2.45) is 0 Å². The standard InChI is InChI=1S/C14H8BrClFIO2/c1-20-13-6-11(17)9(15)5-8(13)14(19)7-2-3-12(18)10(16)4-7/h2-6H,1H3. The molecule has 6 heteroatoms. The van der Waals surface area contributed by atoms with Crippen LogP contribution >= 0.6 is 50.1 Å². The third kappa shape index (κ3) is 3.15. The average Bonchev–Trinajstić information content (AvgIpc) is 2.43. The molecule has 0 radical (unpaired) electrons. The van der Waals surface area contributed by atoms with Crippen LogP contribution in [0.15, 0.2) is 34.8 Å². The van der Waals surface area contributed by atoms with Crippen molar-refractivity contribution < 1.29 is 13.9 Å². The quantitative estimate of drug-likeness (QED) is 0.463. The number of halogens is 4. The number of ether oxygens (including phenoxy) is 1. The van der Waals surface area contributed by atoms with Crippen molar-refractivity contribution in [3.63, 3.8) is 0 Å². The Morgan fingerprint density at radius 2 is 2.05 bits per heavy atom. The Morgan fingerprint density at radius 1 is 1.35 bits per heavy atom. The maximum Gasteiger partial charge on any atom is 0.196 e. The molecule has 0 aliphatic rings. The summed E-state index contributed by atoms with van der Waals surface area (Å²) in [7, 11) is 1.39. The van der Waals surface area contributed by atoms with Gasteiger partial charge in [-0.25, -0.2) is 4.39 Å². The molecule has 0 atom stereocenters. The number of hydrogen-bond donors (Lipinski definition) is 0. The minimum atomic E-state index is -0.487. The summed E-state index contributed by atoms with van der Waals surface area (Å²) in [6, 6.07) is 7.59. The lowest BCUT2D eigenvalue weighted by atomic mass is 10.0. The molecule has 2 rings (SSSR count). The van der Waals surface area contributed by atoms with Crippen molar-refractivity contribution in [1.82, 2.24) is 0 Å². The van der Waals surface area contributed by atoms with E-state index in [-0.39, 0.29) is 21.6 Å². The van der Waals surface area contributed by atoms with E-state index in [1.807, 2.05) is 0 Å². The van der Waals surface area contributed by atoms with Gasteiger partial charge in [-0.1, -0.05) is 11.6 Å². The predicted octanol–water partition coefficient (Wildman–Crippen LogP) is 5.09. The van der Waals surface area contributed by atoms with Crippen LogP contribution in [-0.4, -0.2) is 12.9 Å². The Kier molecular flexibility index (Phi) is 5.04. The predicted molar refractivity (Wildman–Crippen MR) is 88.3 cm³/mol. The normalized spacial score (nSPS) is 10.4. The third-order valence-corrected chi connectivity index (χ3v) is 4.85. The number of hydrogen-bond acceptors (Lipinski definition) is 2. The molecule has 2 aromatic carbocycles. The molecular weight excluding hydrogens is 461 g/mol. The van der Waals surface area contributed by atoms with Crippen molar-refractivity contribution in [1.29, 1.82) is 0 Å². The summed E-state index contributed by atoms with van der Waals surface area (Å²) >= 11 is 11.2. The highest BCUT2D eigenvalue weighted by atomic mass is 127. The van der Waals surface area contributed by atoms with Crippen molar-refractivity contribution in [3.8, 4) is 5.75 Å². The van der Waals surface area contributed by atoms with E-state index in [0.29, 0.717) is 10.6 Å². The summed E-state index contributed by atoms with van der Waals surface area (Å²) in [5, 5.41) is 0.497. The molecule has 0 amide bonds. The molecule has 0 aliphatic heterocycles. The van der Waals surface area contributed by atoms with Gasteiger partial charge < -0.3 is 4.74 Å². The van der Waals surface area contributed by atoms with Crippen molar-refractivity contribution in [2.45, 2.75) is 0 Å². The van der Waals surface area contributed by atoms with Gasteiger partial charge in [0.25, 0.3) is 0 Å². The molecule has 0 heterocycles. The van der Waals surface area contributed by atoms with Gasteiger partial charge in [0.2, 0.25) is 0 Å². The van der Waals surface area contributed by atoms with E-state index in [2.05, 4.69) is 38.5 Å². The Hall–Kier alpha value is -0.660. The first-order valence-electron chi connectivity index (χ1n) is 5.47. The zero-order valence-electron chi connectivity index (χ0n) is 10.2. The second-order valence-electron chi connectivity index (χ2n) is 3.92. The number of rotatable bonds is 3. The first kappa shape index (κ1) is 15.7. The molecule has 0 spiro atoms. The van der Waals surface area contributed by atoms with Crippen LogP contribution in [-0.2, 0) is 0 Å². The maximum absolute atomic E-state index is 13.5. The highest BCUT2D eigenvalue weighted by molar-refractivity contribution is 14.1. The van der Waals surface area contributed by atoms with Crippen LogP contribution in [0.4, 0.5) is 4.39 Å². The number of carbonyl (C=O) groups excluding carboxylic acids is 1. The van der Waals surface area contributed by atoms with Crippen LogP contribution in [0.25, 0.3) is 0 Å². The molecule has 0 aliphatic carbocycles. The number of ketones is 1. The van der Waals surface area contributed by atoms with Gasteiger partial charge in [-0.15, -0.1) is 0 Å². The molecule has 0 fully saturated rings. The fourth-order valence-electron chi connectivity index (χ4n) is 1.67. The van der Waals surface area contributed by atoms with Crippen LogP contribution in [0.2, 0.25) is 5.02 Å². The van der Waals surface area contributed by atoms with Crippen molar-refractivity contribution >= 4 is 55.9 Å². The summed E-state index contributed by atoms with van der Waals surface area (Å²) in [6.07, 6.45) is 0. The van der Waals surface area contributed by atoms with E-state index in [1.54, 1.807) is 18.2 Å². The molecule has 2 aromatic rings. The zero-order valence-corrected chi connectivity index (χ0v) is 14.7. The van der Waals surface area contributed by atoms with Gasteiger partial charge in [0.1, 0.15) is 11.6 Å². The van der Waals surface area contributed by atoms with Crippen LogP contribution in [0.1, 0.15) is 15.9 Å². The van der Waals surface area contributed by atoms with Crippen LogP contribution in [0.5, 0.6) is 5.75 Å². The Morgan fingerprint density at radius 3 is 2.65 bits per heavy atom. The van der Waals surface area contributed by atoms with Gasteiger partial charge >= 0.3 is 0 Å². The van der Waals surface area contributed by atoms with Crippen LogP contribution in [0, 0.1) is 9.39 Å². The molecule has 0 saturated carbocycles. The van der Waals surface area contributed by atoms with Gasteiger partial charge in [-0.2, -0.15) is 0 Å². The Bertz CT molecular complexity index is 691. The average molecular weight is 469 g/mol. The first-order chi connectivity index (χ1) is 9.43. The molecule has 0 saturated heterocycles. The van der Waals surface area contributed by atoms with E-state index in [1.165, 1.54) is 19.2 Å². The topological polar surface area (TPSA) is 26.3 Å². The molecule has 0 bridgehead atoms. The van der Waals surface area contributed by atoms with Crippen molar-refractivity contribution in [2.75, 3.05) is 7.11 Å². The highest BCUT2D eigenvalue weighted by Crippen LogP contribution is 2.29. The minimum absolute atomic E-state index is 0.186. The minimum Gasteiger partial charge on any atom is -0.496 e. The van der Waals surface area contributed by atoms with E-state index >= 15 is 0 Å². The van der Waals surface area contributed by atoms with E-state index in [4.69, 9.17) is 16.3 Å². The van der Waals surface area contributed by atoms with Crippen LogP contribution in [0.3, 0.4) is 0 Å². The SMILES string of the molecule is COc1cc(F)c(Br)cc1C(=O)c1ccc(I)c(Cl)c1. The largest absolute Gasteiger partial charge is 0.496 e. The summed E-state index contributed by atoms with van der Waals surface area (Å²) < 4.78 is 19.6. The van der Waals surface area contributed by atoms with Gasteiger partial charge in [0, 0.05) is 15.2 Å². The fraction of sp³-hybridized carbons (Fsp3) is 0.0714. The van der Waals surface area contributed by atoms with Gasteiger partial charge in [-0.05, 0) is 62.8 Å². The Balaban J connectivity index is 2.52. The fourth-order valence-corrected chi connectivity index (χ4v) is 2.53. The second kappa shape index (κ2) is 6.41.